The largest absolute Gasteiger partial charge is 0.383 e. The van der Waals surface area contributed by atoms with Crippen LogP contribution in [0, 0.1) is 12.7 Å². The van der Waals surface area contributed by atoms with Crippen molar-refractivity contribution in [3.05, 3.63) is 29.6 Å². The first-order valence-corrected chi connectivity index (χ1v) is 6.12. The average Bonchev–Trinajstić information content (AvgIpc) is 2.15. The minimum absolute atomic E-state index is 0.158. The Balaban J connectivity index is 2.42. The van der Waals surface area contributed by atoms with E-state index < -0.39 is 0 Å². The Kier molecular flexibility index (Phi) is 4.80. The van der Waals surface area contributed by atoms with E-state index in [1.807, 2.05) is 24.8 Å². The maximum atomic E-state index is 13.3. The number of anilines is 1. The summed E-state index contributed by atoms with van der Waals surface area (Å²) in [4.78, 5) is 0. The van der Waals surface area contributed by atoms with Crippen LogP contribution < -0.4 is 5.32 Å². The zero-order chi connectivity index (χ0) is 10.4. The maximum absolute atomic E-state index is 13.3. The van der Waals surface area contributed by atoms with Crippen molar-refractivity contribution >= 4 is 17.4 Å². The van der Waals surface area contributed by atoms with Crippen molar-refractivity contribution in [3.63, 3.8) is 0 Å². The Morgan fingerprint density at radius 3 is 2.86 bits per heavy atom. The number of halogens is 1. The van der Waals surface area contributed by atoms with E-state index in [2.05, 4.69) is 11.6 Å². The number of thioether (sulfide) groups is 1. The van der Waals surface area contributed by atoms with Crippen LogP contribution in [-0.4, -0.2) is 18.6 Å². The van der Waals surface area contributed by atoms with E-state index in [0.29, 0.717) is 5.69 Å². The van der Waals surface area contributed by atoms with Crippen LogP contribution >= 0.6 is 11.8 Å². The lowest BCUT2D eigenvalue weighted by Crippen LogP contribution is -2.04. The third-order valence-corrected chi connectivity index (χ3v) is 2.66. The van der Waals surface area contributed by atoms with Crippen LogP contribution in [0.4, 0.5) is 10.1 Å². The second-order valence-corrected chi connectivity index (χ2v) is 4.24. The van der Waals surface area contributed by atoms with E-state index in [1.165, 1.54) is 0 Å². The monoisotopic (exact) mass is 213 g/mol. The Morgan fingerprint density at radius 1 is 1.43 bits per heavy atom. The van der Waals surface area contributed by atoms with Gasteiger partial charge in [-0.1, -0.05) is 6.07 Å². The van der Waals surface area contributed by atoms with Gasteiger partial charge >= 0.3 is 0 Å². The molecule has 1 nitrogen and oxygen atoms in total. The van der Waals surface area contributed by atoms with Crippen LogP contribution in [0.15, 0.2) is 18.2 Å². The van der Waals surface area contributed by atoms with Crippen molar-refractivity contribution in [2.75, 3.05) is 23.9 Å². The van der Waals surface area contributed by atoms with Crippen LogP contribution in [0.3, 0.4) is 0 Å². The number of rotatable bonds is 5. The van der Waals surface area contributed by atoms with E-state index >= 15 is 0 Å². The number of aryl methyl sites for hydroxylation is 1. The quantitative estimate of drug-likeness (QED) is 0.753. The van der Waals surface area contributed by atoms with Crippen LogP contribution in [0.2, 0.25) is 0 Å². The fourth-order valence-electron chi connectivity index (χ4n) is 1.20. The number of nitrogens with one attached hydrogen (secondary N) is 1. The Morgan fingerprint density at radius 2 is 2.21 bits per heavy atom. The summed E-state index contributed by atoms with van der Waals surface area (Å²) < 4.78 is 13.3. The van der Waals surface area contributed by atoms with Crippen LogP contribution in [0.1, 0.15) is 12.0 Å². The molecule has 1 aromatic rings. The molecule has 0 radical (unpaired) electrons. The molecule has 0 saturated carbocycles. The first-order chi connectivity index (χ1) is 6.74. The molecule has 1 N–H and O–H groups in total. The van der Waals surface area contributed by atoms with Gasteiger partial charge in [0.2, 0.25) is 0 Å². The number of hydrogen-bond donors (Lipinski definition) is 1. The van der Waals surface area contributed by atoms with Gasteiger partial charge in [-0.25, -0.2) is 4.39 Å². The predicted molar refractivity (Wildman–Crippen MR) is 62.6 cm³/mol. The van der Waals surface area contributed by atoms with E-state index in [9.17, 15) is 4.39 Å². The van der Waals surface area contributed by atoms with E-state index in [-0.39, 0.29) is 5.82 Å². The molecule has 0 aromatic heterocycles. The summed E-state index contributed by atoms with van der Waals surface area (Å²) in [6.07, 6.45) is 3.14. The zero-order valence-corrected chi connectivity index (χ0v) is 9.46. The van der Waals surface area contributed by atoms with Crippen molar-refractivity contribution in [1.82, 2.24) is 0 Å². The third kappa shape index (κ3) is 3.58. The van der Waals surface area contributed by atoms with Crippen molar-refractivity contribution in [2.24, 2.45) is 0 Å². The summed E-state index contributed by atoms with van der Waals surface area (Å²) in [6, 6.07) is 5.26. The van der Waals surface area contributed by atoms with Gasteiger partial charge in [0.1, 0.15) is 5.82 Å². The topological polar surface area (TPSA) is 12.0 Å². The molecule has 0 aliphatic rings. The van der Waals surface area contributed by atoms with Crippen molar-refractivity contribution in [3.8, 4) is 0 Å². The summed E-state index contributed by atoms with van der Waals surface area (Å²) in [5.74, 6) is 0.953. The Labute approximate surface area is 89.1 Å². The van der Waals surface area contributed by atoms with Gasteiger partial charge in [0.25, 0.3) is 0 Å². The summed E-state index contributed by atoms with van der Waals surface area (Å²) in [6.45, 7) is 2.72. The van der Waals surface area contributed by atoms with E-state index in [0.717, 1.165) is 24.3 Å². The molecular formula is C11H16FNS. The molecule has 3 heteroatoms. The fraction of sp³-hybridized carbons (Fsp3) is 0.455. The smallest absolute Gasteiger partial charge is 0.146 e. The molecule has 14 heavy (non-hydrogen) atoms. The Hall–Kier alpha value is -0.700. The molecule has 0 atom stereocenters. The lowest BCUT2D eigenvalue weighted by molar-refractivity contribution is 0.629. The third-order valence-electron chi connectivity index (χ3n) is 1.97. The molecular weight excluding hydrogens is 197 g/mol. The number of benzene rings is 1. The molecule has 0 amide bonds. The standard InChI is InChI=1S/C11H16FNS/c1-9-4-5-11(10(12)8-9)13-6-3-7-14-2/h4-5,8,13H,3,6-7H2,1-2H3. The highest BCUT2D eigenvalue weighted by Gasteiger charge is 2.00. The van der Waals surface area contributed by atoms with E-state index in [4.69, 9.17) is 0 Å². The van der Waals surface area contributed by atoms with Gasteiger partial charge in [0.05, 0.1) is 5.69 Å². The molecule has 0 spiro atoms. The second-order valence-electron chi connectivity index (χ2n) is 3.26. The minimum atomic E-state index is -0.158. The lowest BCUT2D eigenvalue weighted by Gasteiger charge is -2.07. The highest BCUT2D eigenvalue weighted by Crippen LogP contribution is 2.15. The molecule has 1 rings (SSSR count). The summed E-state index contributed by atoms with van der Waals surface area (Å²) in [5.41, 5.74) is 1.56. The highest BCUT2D eigenvalue weighted by molar-refractivity contribution is 7.98. The summed E-state index contributed by atoms with van der Waals surface area (Å²) >= 11 is 1.81. The van der Waals surface area contributed by atoms with Gasteiger partial charge in [0, 0.05) is 6.54 Å². The zero-order valence-electron chi connectivity index (χ0n) is 8.64. The minimum Gasteiger partial charge on any atom is -0.383 e. The maximum Gasteiger partial charge on any atom is 0.146 e. The van der Waals surface area contributed by atoms with Crippen molar-refractivity contribution in [2.45, 2.75) is 13.3 Å². The number of hydrogen-bond acceptors (Lipinski definition) is 2. The van der Waals surface area contributed by atoms with Gasteiger partial charge < -0.3 is 5.32 Å². The predicted octanol–water partition coefficient (Wildman–Crippen LogP) is 3.30. The first-order valence-electron chi connectivity index (χ1n) is 4.73. The molecule has 0 aliphatic carbocycles. The lowest BCUT2D eigenvalue weighted by atomic mass is 10.2. The SMILES string of the molecule is CSCCCNc1ccc(C)cc1F. The molecule has 78 valence electrons. The van der Waals surface area contributed by atoms with Gasteiger partial charge in [-0.05, 0) is 43.0 Å². The second kappa shape index (κ2) is 5.91. The fourth-order valence-corrected chi connectivity index (χ4v) is 1.64. The van der Waals surface area contributed by atoms with Crippen LogP contribution in [0.5, 0.6) is 0 Å². The van der Waals surface area contributed by atoms with Crippen molar-refractivity contribution < 1.29 is 4.39 Å². The van der Waals surface area contributed by atoms with Gasteiger partial charge in [-0.3, -0.25) is 0 Å². The molecule has 0 unspecified atom stereocenters. The van der Waals surface area contributed by atoms with Gasteiger partial charge in [-0.15, -0.1) is 0 Å². The molecule has 0 heterocycles. The molecule has 1 aromatic carbocycles. The van der Waals surface area contributed by atoms with Gasteiger partial charge in [0.15, 0.2) is 0 Å². The Bertz CT molecular complexity index is 289. The highest BCUT2D eigenvalue weighted by atomic mass is 32.2. The first kappa shape index (κ1) is 11.4. The van der Waals surface area contributed by atoms with Crippen LogP contribution in [-0.2, 0) is 0 Å². The van der Waals surface area contributed by atoms with Gasteiger partial charge in [-0.2, -0.15) is 11.8 Å². The summed E-state index contributed by atoms with van der Waals surface area (Å²) in [5, 5.41) is 3.09. The average molecular weight is 213 g/mol. The normalized spacial score (nSPS) is 10.2. The molecule has 0 bridgehead atoms. The van der Waals surface area contributed by atoms with Crippen molar-refractivity contribution in [1.29, 1.82) is 0 Å². The summed E-state index contributed by atoms with van der Waals surface area (Å²) in [7, 11) is 0. The van der Waals surface area contributed by atoms with Crippen LogP contribution in [0.25, 0.3) is 0 Å². The molecule has 0 aliphatic heterocycles. The molecule has 0 saturated heterocycles. The van der Waals surface area contributed by atoms with E-state index in [1.54, 1.807) is 12.1 Å². The molecule has 0 fully saturated rings.